The summed E-state index contributed by atoms with van der Waals surface area (Å²) in [4.78, 5) is 33.4. The predicted octanol–water partition coefficient (Wildman–Crippen LogP) is 5.11. The normalized spacial score (nSPS) is 13.3. The van der Waals surface area contributed by atoms with Crippen molar-refractivity contribution in [1.29, 1.82) is 0 Å². The van der Waals surface area contributed by atoms with Crippen molar-refractivity contribution in [2.45, 2.75) is 12.8 Å². The van der Waals surface area contributed by atoms with Crippen LogP contribution in [0.25, 0.3) is 55.8 Å². The van der Waals surface area contributed by atoms with Gasteiger partial charge in [0.05, 0.1) is 34.5 Å². The van der Waals surface area contributed by atoms with E-state index in [4.69, 9.17) is 4.98 Å². The molecule has 180 valence electrons. The molecule has 1 aromatic carbocycles. The van der Waals surface area contributed by atoms with Crippen LogP contribution in [-0.2, 0) is 4.79 Å². The number of fused-ring (bicyclic) bond motifs is 2. The molecule has 0 radical (unpaired) electrons. The standard InChI is InChI=1S/C27H19FN8O/c28-18-5-3-14(4-6-18)21-12-30-13-22-23(21)34-26(33-22)24-20-8-17(10-31-25(20)36-35-24)16-7-19(11-29-9-16)32-27(37)15-1-2-15/h3-13,15H,1-2H2,(H,32,37)(H,33,34)(H,31,35,36). The van der Waals surface area contributed by atoms with Gasteiger partial charge < -0.3 is 10.3 Å². The minimum absolute atomic E-state index is 0.0315. The Bertz CT molecular complexity index is 1800. The molecule has 5 heterocycles. The van der Waals surface area contributed by atoms with Crippen LogP contribution < -0.4 is 5.32 Å². The first kappa shape index (κ1) is 21.3. The van der Waals surface area contributed by atoms with Crippen LogP contribution >= 0.6 is 0 Å². The number of pyridine rings is 3. The Labute approximate surface area is 209 Å². The number of aromatic nitrogens is 7. The summed E-state index contributed by atoms with van der Waals surface area (Å²) in [6.45, 7) is 0. The van der Waals surface area contributed by atoms with Gasteiger partial charge in [0, 0.05) is 41.2 Å². The lowest BCUT2D eigenvalue weighted by Gasteiger charge is -2.06. The maximum absolute atomic E-state index is 13.4. The fourth-order valence-corrected chi connectivity index (χ4v) is 4.39. The Morgan fingerprint density at radius 1 is 0.946 bits per heavy atom. The first-order valence-corrected chi connectivity index (χ1v) is 11.8. The van der Waals surface area contributed by atoms with Gasteiger partial charge in [0.25, 0.3) is 0 Å². The molecule has 5 aromatic heterocycles. The lowest BCUT2D eigenvalue weighted by molar-refractivity contribution is -0.117. The number of amides is 1. The summed E-state index contributed by atoms with van der Waals surface area (Å²) in [5.74, 6) is 0.419. The summed E-state index contributed by atoms with van der Waals surface area (Å²) in [5, 5.41) is 11.1. The molecule has 10 heteroatoms. The molecular weight excluding hydrogens is 471 g/mol. The molecule has 7 rings (SSSR count). The van der Waals surface area contributed by atoms with Crippen molar-refractivity contribution in [3.05, 3.63) is 73.2 Å². The van der Waals surface area contributed by atoms with Crippen molar-refractivity contribution in [2.75, 3.05) is 5.32 Å². The Morgan fingerprint density at radius 2 is 1.76 bits per heavy atom. The van der Waals surface area contributed by atoms with Crippen LogP contribution in [0.1, 0.15) is 12.8 Å². The zero-order valence-electron chi connectivity index (χ0n) is 19.4. The number of aromatic amines is 2. The molecule has 1 amide bonds. The molecular formula is C27H19FN8O. The molecule has 0 bridgehead atoms. The zero-order valence-corrected chi connectivity index (χ0v) is 19.4. The SMILES string of the molecule is O=C(Nc1cncc(-c2cnc3n[nH]c(-c4nc5c(-c6ccc(F)cc6)cncc5[nH]4)c3c2)c1)C1CC1. The van der Waals surface area contributed by atoms with E-state index in [0.717, 1.165) is 46.0 Å². The highest BCUT2D eigenvalue weighted by Gasteiger charge is 2.29. The van der Waals surface area contributed by atoms with Crippen molar-refractivity contribution < 1.29 is 9.18 Å². The number of halogens is 1. The smallest absolute Gasteiger partial charge is 0.227 e. The third-order valence-corrected chi connectivity index (χ3v) is 6.48. The Morgan fingerprint density at radius 3 is 2.59 bits per heavy atom. The highest BCUT2D eigenvalue weighted by atomic mass is 19.1. The second-order valence-electron chi connectivity index (χ2n) is 9.10. The largest absolute Gasteiger partial charge is 0.335 e. The van der Waals surface area contributed by atoms with E-state index in [2.05, 4.69) is 35.5 Å². The van der Waals surface area contributed by atoms with Crippen molar-refractivity contribution in [1.82, 2.24) is 35.1 Å². The molecule has 3 N–H and O–H groups in total. The van der Waals surface area contributed by atoms with E-state index in [1.165, 1.54) is 12.1 Å². The van der Waals surface area contributed by atoms with Crippen LogP contribution in [0, 0.1) is 11.7 Å². The molecule has 0 saturated heterocycles. The summed E-state index contributed by atoms with van der Waals surface area (Å²) in [6.07, 6.45) is 10.4. The summed E-state index contributed by atoms with van der Waals surface area (Å²) in [7, 11) is 0. The van der Waals surface area contributed by atoms with E-state index >= 15 is 0 Å². The number of nitrogens with one attached hydrogen (secondary N) is 3. The molecule has 0 unspecified atom stereocenters. The topological polar surface area (TPSA) is 125 Å². The van der Waals surface area contributed by atoms with Crippen molar-refractivity contribution in [3.8, 4) is 33.8 Å². The summed E-state index contributed by atoms with van der Waals surface area (Å²) in [5.41, 5.74) is 6.59. The second kappa shape index (κ2) is 8.30. The van der Waals surface area contributed by atoms with Gasteiger partial charge in [-0.15, -0.1) is 0 Å². The van der Waals surface area contributed by atoms with Gasteiger partial charge in [0.2, 0.25) is 5.91 Å². The van der Waals surface area contributed by atoms with Crippen LogP contribution in [0.2, 0.25) is 0 Å². The highest BCUT2D eigenvalue weighted by Crippen LogP contribution is 2.33. The molecule has 1 saturated carbocycles. The van der Waals surface area contributed by atoms with Crippen molar-refractivity contribution in [2.24, 2.45) is 5.92 Å². The highest BCUT2D eigenvalue weighted by molar-refractivity contribution is 5.97. The van der Waals surface area contributed by atoms with Gasteiger partial charge in [0.15, 0.2) is 11.5 Å². The van der Waals surface area contributed by atoms with E-state index in [-0.39, 0.29) is 17.6 Å². The Hall–Kier alpha value is -4.99. The molecule has 6 aromatic rings. The quantitative estimate of drug-likeness (QED) is 0.308. The molecule has 1 aliphatic rings. The van der Waals surface area contributed by atoms with Gasteiger partial charge in [-0.2, -0.15) is 5.10 Å². The lowest BCUT2D eigenvalue weighted by Crippen LogP contribution is -2.13. The number of benzene rings is 1. The van der Waals surface area contributed by atoms with Crippen LogP contribution in [0.3, 0.4) is 0 Å². The summed E-state index contributed by atoms with van der Waals surface area (Å²) in [6, 6.07) is 10.1. The average Bonchev–Trinajstić information content (AvgIpc) is 3.55. The molecule has 9 nitrogen and oxygen atoms in total. The van der Waals surface area contributed by atoms with E-state index in [1.807, 2.05) is 12.1 Å². The number of H-pyrrole nitrogens is 2. The number of hydrogen-bond acceptors (Lipinski definition) is 6. The maximum atomic E-state index is 13.4. The number of imidazole rings is 1. The van der Waals surface area contributed by atoms with Crippen molar-refractivity contribution in [3.63, 3.8) is 0 Å². The average molecular weight is 491 g/mol. The summed E-state index contributed by atoms with van der Waals surface area (Å²) < 4.78 is 13.4. The predicted molar refractivity (Wildman–Crippen MR) is 137 cm³/mol. The number of nitrogens with zero attached hydrogens (tertiary/aromatic N) is 5. The van der Waals surface area contributed by atoms with E-state index in [0.29, 0.717) is 28.4 Å². The van der Waals surface area contributed by atoms with Gasteiger partial charge >= 0.3 is 0 Å². The summed E-state index contributed by atoms with van der Waals surface area (Å²) >= 11 is 0. The maximum Gasteiger partial charge on any atom is 0.227 e. The van der Waals surface area contributed by atoms with Gasteiger partial charge in [0.1, 0.15) is 11.5 Å². The number of hydrogen-bond donors (Lipinski definition) is 3. The van der Waals surface area contributed by atoms with Crippen molar-refractivity contribution >= 4 is 33.7 Å². The number of rotatable bonds is 5. The number of carbonyl (C=O) groups is 1. The third kappa shape index (κ3) is 3.88. The Balaban J connectivity index is 1.28. The minimum atomic E-state index is -0.301. The first-order valence-electron chi connectivity index (χ1n) is 11.8. The second-order valence-corrected chi connectivity index (χ2v) is 9.10. The van der Waals surface area contributed by atoms with Gasteiger partial charge in [-0.25, -0.2) is 14.4 Å². The monoisotopic (exact) mass is 490 g/mol. The molecule has 0 aliphatic heterocycles. The zero-order chi connectivity index (χ0) is 24.9. The van der Waals surface area contributed by atoms with E-state index in [1.54, 1.807) is 43.1 Å². The third-order valence-electron chi connectivity index (χ3n) is 6.48. The van der Waals surface area contributed by atoms with Crippen LogP contribution in [-0.4, -0.2) is 41.0 Å². The first-order chi connectivity index (χ1) is 18.1. The molecule has 0 spiro atoms. The van der Waals surface area contributed by atoms with Gasteiger partial charge in [-0.1, -0.05) is 12.1 Å². The van der Waals surface area contributed by atoms with E-state index in [9.17, 15) is 9.18 Å². The molecule has 37 heavy (non-hydrogen) atoms. The van der Waals surface area contributed by atoms with Crippen LogP contribution in [0.5, 0.6) is 0 Å². The van der Waals surface area contributed by atoms with Gasteiger partial charge in [-0.05, 0) is 42.7 Å². The lowest BCUT2D eigenvalue weighted by atomic mass is 10.1. The Kier molecular flexibility index (Phi) is 4.78. The number of anilines is 1. The van der Waals surface area contributed by atoms with Crippen LogP contribution in [0.4, 0.5) is 10.1 Å². The number of carbonyl (C=O) groups excluding carboxylic acids is 1. The molecule has 0 atom stereocenters. The van der Waals surface area contributed by atoms with Crippen LogP contribution in [0.15, 0.2) is 67.4 Å². The van der Waals surface area contributed by atoms with Gasteiger partial charge in [-0.3, -0.25) is 19.9 Å². The molecule has 1 fully saturated rings. The molecule has 1 aliphatic carbocycles. The fraction of sp³-hybridized carbons (Fsp3) is 0.111. The fourth-order valence-electron chi connectivity index (χ4n) is 4.39. The minimum Gasteiger partial charge on any atom is -0.335 e. The van der Waals surface area contributed by atoms with E-state index < -0.39 is 0 Å².